The van der Waals surface area contributed by atoms with Crippen LogP contribution in [0.4, 0.5) is 5.82 Å². The minimum atomic E-state index is 0.524. The van der Waals surface area contributed by atoms with Crippen molar-refractivity contribution in [2.24, 2.45) is 5.41 Å². The minimum Gasteiger partial charge on any atom is -0.369 e. The second kappa shape index (κ2) is 4.87. The molecule has 0 spiro atoms. The molecule has 0 saturated heterocycles. The third kappa shape index (κ3) is 2.11. The first-order valence-electron chi connectivity index (χ1n) is 7.40. The molecule has 0 aliphatic heterocycles. The van der Waals surface area contributed by atoms with Crippen LogP contribution in [0.5, 0.6) is 0 Å². The Bertz CT molecular complexity index is 422. The second-order valence-corrected chi connectivity index (χ2v) is 5.92. The molecule has 0 aromatic carbocycles. The maximum atomic E-state index is 4.45. The van der Waals surface area contributed by atoms with Gasteiger partial charge in [0.15, 0.2) is 0 Å². The number of aryl methyl sites for hydroxylation is 1. The van der Waals surface area contributed by atoms with Crippen molar-refractivity contribution >= 4 is 5.82 Å². The van der Waals surface area contributed by atoms with Crippen LogP contribution < -0.4 is 5.32 Å². The zero-order chi connectivity index (χ0) is 12.4. The summed E-state index contributed by atoms with van der Waals surface area (Å²) in [5, 5.41) is 3.63. The molecule has 3 nitrogen and oxygen atoms in total. The van der Waals surface area contributed by atoms with Crippen LogP contribution in [-0.4, -0.2) is 16.5 Å². The molecule has 1 heterocycles. The molecule has 1 fully saturated rings. The molecule has 98 valence electrons. The van der Waals surface area contributed by atoms with E-state index in [1.165, 1.54) is 49.8 Å². The lowest BCUT2D eigenvalue weighted by Crippen LogP contribution is -2.26. The molecule has 1 aromatic rings. The Hall–Kier alpha value is -1.12. The third-order valence-electron chi connectivity index (χ3n) is 4.92. The van der Waals surface area contributed by atoms with Gasteiger partial charge >= 0.3 is 0 Å². The Morgan fingerprint density at radius 1 is 1.17 bits per heavy atom. The van der Waals surface area contributed by atoms with Crippen LogP contribution in [0, 0.1) is 5.41 Å². The number of fused-ring (bicyclic) bond motifs is 1. The third-order valence-corrected chi connectivity index (χ3v) is 4.92. The topological polar surface area (TPSA) is 37.8 Å². The highest BCUT2D eigenvalue weighted by molar-refractivity contribution is 5.48. The van der Waals surface area contributed by atoms with Gasteiger partial charge in [-0.25, -0.2) is 9.97 Å². The predicted octanol–water partition coefficient (Wildman–Crippen LogP) is 3.35. The summed E-state index contributed by atoms with van der Waals surface area (Å²) < 4.78 is 0. The first-order valence-corrected chi connectivity index (χ1v) is 7.40. The highest BCUT2D eigenvalue weighted by Crippen LogP contribution is 2.41. The largest absolute Gasteiger partial charge is 0.369 e. The fraction of sp³-hybridized carbons (Fsp3) is 0.733. The van der Waals surface area contributed by atoms with E-state index in [0.717, 1.165) is 25.2 Å². The second-order valence-electron chi connectivity index (χ2n) is 5.92. The summed E-state index contributed by atoms with van der Waals surface area (Å²) in [7, 11) is 0. The van der Waals surface area contributed by atoms with E-state index in [1.807, 2.05) is 0 Å². The molecule has 0 bridgehead atoms. The van der Waals surface area contributed by atoms with E-state index in [0.29, 0.717) is 5.41 Å². The van der Waals surface area contributed by atoms with Gasteiger partial charge in [-0.3, -0.25) is 0 Å². The number of hydrogen-bond donors (Lipinski definition) is 1. The van der Waals surface area contributed by atoms with Crippen LogP contribution in [0.3, 0.4) is 0 Å². The average molecular weight is 245 g/mol. The van der Waals surface area contributed by atoms with E-state index in [2.05, 4.69) is 22.2 Å². The van der Waals surface area contributed by atoms with Crippen LogP contribution in [0.25, 0.3) is 0 Å². The molecule has 3 heteroatoms. The minimum absolute atomic E-state index is 0.524. The Morgan fingerprint density at radius 3 is 2.78 bits per heavy atom. The van der Waals surface area contributed by atoms with Crippen molar-refractivity contribution in [2.75, 3.05) is 11.9 Å². The monoisotopic (exact) mass is 245 g/mol. The van der Waals surface area contributed by atoms with Gasteiger partial charge in [0.2, 0.25) is 0 Å². The highest BCUT2D eigenvalue weighted by Gasteiger charge is 2.32. The summed E-state index contributed by atoms with van der Waals surface area (Å²) in [6, 6.07) is 0. The molecule has 1 N–H and O–H groups in total. The van der Waals surface area contributed by atoms with Gasteiger partial charge in [-0.15, -0.1) is 0 Å². The van der Waals surface area contributed by atoms with E-state index in [9.17, 15) is 0 Å². The molecular weight excluding hydrogens is 222 g/mol. The summed E-state index contributed by atoms with van der Waals surface area (Å²) >= 11 is 0. The number of anilines is 1. The number of nitrogens with zero attached hydrogens (tertiary/aromatic N) is 2. The van der Waals surface area contributed by atoms with E-state index in [4.69, 9.17) is 0 Å². The molecule has 2 aliphatic rings. The number of rotatable bonds is 4. The molecule has 0 unspecified atom stereocenters. The molecule has 0 atom stereocenters. The lowest BCUT2D eigenvalue weighted by molar-refractivity contribution is 0.306. The first kappa shape index (κ1) is 11.9. The first-order chi connectivity index (χ1) is 8.83. The zero-order valence-corrected chi connectivity index (χ0v) is 11.3. The maximum Gasteiger partial charge on any atom is 0.132 e. The van der Waals surface area contributed by atoms with Gasteiger partial charge < -0.3 is 5.32 Å². The molecule has 0 amide bonds. The normalized spacial score (nSPS) is 20.9. The van der Waals surface area contributed by atoms with Crippen molar-refractivity contribution < 1.29 is 0 Å². The van der Waals surface area contributed by atoms with Gasteiger partial charge in [-0.05, 0) is 43.9 Å². The Morgan fingerprint density at radius 2 is 2.00 bits per heavy atom. The van der Waals surface area contributed by atoms with Crippen molar-refractivity contribution in [3.8, 4) is 0 Å². The Balaban J connectivity index is 1.72. The van der Waals surface area contributed by atoms with E-state index in [-0.39, 0.29) is 0 Å². The molecular formula is C15H23N3. The average Bonchev–Trinajstić information content (AvgIpc) is 3.06. The SMILES string of the molecule is CCC1(CNc2ncnc3c2CCC3)CCCC1. The van der Waals surface area contributed by atoms with Gasteiger partial charge in [0.25, 0.3) is 0 Å². The van der Waals surface area contributed by atoms with Crippen LogP contribution >= 0.6 is 0 Å². The number of aromatic nitrogens is 2. The number of nitrogens with one attached hydrogen (secondary N) is 1. The summed E-state index contributed by atoms with van der Waals surface area (Å²) in [6.07, 6.45) is 12.1. The molecule has 1 aromatic heterocycles. The van der Waals surface area contributed by atoms with E-state index >= 15 is 0 Å². The standard InChI is InChI=1S/C15H23N3/c1-2-15(8-3-4-9-15)10-16-14-12-6-5-7-13(12)17-11-18-14/h11H,2-10H2,1H3,(H,16,17,18). The van der Waals surface area contributed by atoms with Crippen LogP contribution in [0.15, 0.2) is 6.33 Å². The summed E-state index contributed by atoms with van der Waals surface area (Å²) in [4.78, 5) is 8.84. The summed E-state index contributed by atoms with van der Waals surface area (Å²) in [5.41, 5.74) is 3.17. The van der Waals surface area contributed by atoms with Gasteiger partial charge in [-0.2, -0.15) is 0 Å². The van der Waals surface area contributed by atoms with Gasteiger partial charge in [0.05, 0.1) is 0 Å². The summed E-state index contributed by atoms with van der Waals surface area (Å²) in [5.74, 6) is 1.11. The lowest BCUT2D eigenvalue weighted by atomic mass is 9.83. The highest BCUT2D eigenvalue weighted by atomic mass is 15.0. The Labute approximate surface area is 109 Å². The zero-order valence-electron chi connectivity index (χ0n) is 11.3. The van der Waals surface area contributed by atoms with Crippen LogP contribution in [0.1, 0.15) is 56.7 Å². The quantitative estimate of drug-likeness (QED) is 0.884. The Kier molecular flexibility index (Phi) is 3.23. The van der Waals surface area contributed by atoms with E-state index in [1.54, 1.807) is 6.33 Å². The van der Waals surface area contributed by atoms with Crippen molar-refractivity contribution in [1.82, 2.24) is 9.97 Å². The summed E-state index contributed by atoms with van der Waals surface area (Å²) in [6.45, 7) is 3.42. The van der Waals surface area contributed by atoms with Crippen molar-refractivity contribution in [2.45, 2.75) is 58.3 Å². The molecule has 3 rings (SSSR count). The van der Waals surface area contributed by atoms with Crippen molar-refractivity contribution in [3.63, 3.8) is 0 Å². The smallest absolute Gasteiger partial charge is 0.132 e. The van der Waals surface area contributed by atoms with E-state index < -0.39 is 0 Å². The predicted molar refractivity (Wildman–Crippen MR) is 73.7 cm³/mol. The molecule has 18 heavy (non-hydrogen) atoms. The van der Waals surface area contributed by atoms with Crippen LogP contribution in [0.2, 0.25) is 0 Å². The van der Waals surface area contributed by atoms with Gasteiger partial charge in [-0.1, -0.05) is 19.8 Å². The van der Waals surface area contributed by atoms with Crippen LogP contribution in [-0.2, 0) is 12.8 Å². The molecule has 1 saturated carbocycles. The lowest BCUT2D eigenvalue weighted by Gasteiger charge is -2.28. The maximum absolute atomic E-state index is 4.45. The van der Waals surface area contributed by atoms with Crippen molar-refractivity contribution in [1.29, 1.82) is 0 Å². The molecule has 2 aliphatic carbocycles. The van der Waals surface area contributed by atoms with Gasteiger partial charge in [0.1, 0.15) is 12.1 Å². The van der Waals surface area contributed by atoms with Gasteiger partial charge in [0, 0.05) is 17.8 Å². The fourth-order valence-electron chi connectivity index (χ4n) is 3.56. The van der Waals surface area contributed by atoms with Crippen molar-refractivity contribution in [3.05, 3.63) is 17.6 Å². The molecule has 0 radical (unpaired) electrons. The number of hydrogen-bond acceptors (Lipinski definition) is 3. The fourth-order valence-corrected chi connectivity index (χ4v) is 3.56.